The summed E-state index contributed by atoms with van der Waals surface area (Å²) in [5.74, 6) is 0.722. The maximum absolute atomic E-state index is 11.2. The topological polar surface area (TPSA) is 93.0 Å². The first-order valence-electron chi connectivity index (χ1n) is 6.50. The van der Waals surface area contributed by atoms with E-state index >= 15 is 0 Å². The van der Waals surface area contributed by atoms with Crippen molar-refractivity contribution in [1.82, 2.24) is 9.97 Å². The Morgan fingerprint density at radius 2 is 2.11 bits per heavy atom. The van der Waals surface area contributed by atoms with E-state index in [-0.39, 0.29) is 11.2 Å². The molecule has 104 valence electrons. The van der Waals surface area contributed by atoms with Gasteiger partial charge in [0.1, 0.15) is 5.69 Å². The molecule has 1 aromatic heterocycles. The van der Waals surface area contributed by atoms with Gasteiger partial charge >= 0.3 is 5.69 Å². The molecule has 1 aliphatic rings. The van der Waals surface area contributed by atoms with Gasteiger partial charge in [0, 0.05) is 12.6 Å². The van der Waals surface area contributed by atoms with E-state index in [0.29, 0.717) is 17.5 Å². The van der Waals surface area contributed by atoms with Crippen LogP contribution in [0.3, 0.4) is 0 Å². The molecule has 0 unspecified atom stereocenters. The quantitative estimate of drug-likeness (QED) is 0.627. The highest BCUT2D eigenvalue weighted by Crippen LogP contribution is 2.40. The second-order valence-electron chi connectivity index (χ2n) is 4.95. The first-order chi connectivity index (χ1) is 9.01. The van der Waals surface area contributed by atoms with Gasteiger partial charge in [0.25, 0.3) is 0 Å². The molecule has 0 amide bonds. The molecular formula is C12H19N5O2. The number of hydrogen-bond acceptors (Lipinski definition) is 6. The Balaban J connectivity index is 2.41. The summed E-state index contributed by atoms with van der Waals surface area (Å²) in [5.41, 5.74) is 0.299. The lowest BCUT2D eigenvalue weighted by molar-refractivity contribution is -0.385. The molecule has 0 aromatic carbocycles. The van der Waals surface area contributed by atoms with Crippen molar-refractivity contribution in [3.8, 4) is 0 Å². The predicted molar refractivity (Wildman–Crippen MR) is 73.5 cm³/mol. The second kappa shape index (κ2) is 4.99. The molecule has 1 heterocycles. The number of aryl methyl sites for hydroxylation is 1. The van der Waals surface area contributed by atoms with Crippen molar-refractivity contribution in [2.24, 2.45) is 0 Å². The van der Waals surface area contributed by atoms with Gasteiger partial charge in [0.2, 0.25) is 11.8 Å². The maximum Gasteiger partial charge on any atom is 0.332 e. The summed E-state index contributed by atoms with van der Waals surface area (Å²) in [7, 11) is 1.70. The van der Waals surface area contributed by atoms with Crippen LogP contribution in [0.25, 0.3) is 0 Å². The summed E-state index contributed by atoms with van der Waals surface area (Å²) in [5, 5.41) is 17.3. The molecule has 0 aliphatic heterocycles. The van der Waals surface area contributed by atoms with Gasteiger partial charge in [-0.25, -0.2) is 4.98 Å². The van der Waals surface area contributed by atoms with Gasteiger partial charge in [-0.05, 0) is 32.6 Å². The molecule has 0 atom stereocenters. The van der Waals surface area contributed by atoms with E-state index in [2.05, 4.69) is 27.5 Å². The second-order valence-corrected chi connectivity index (χ2v) is 4.95. The lowest BCUT2D eigenvalue weighted by Crippen LogP contribution is -2.44. The van der Waals surface area contributed by atoms with Gasteiger partial charge in [0.15, 0.2) is 0 Å². The lowest BCUT2D eigenvalue weighted by atomic mass is 9.75. The van der Waals surface area contributed by atoms with Crippen molar-refractivity contribution in [2.45, 2.75) is 45.1 Å². The van der Waals surface area contributed by atoms with E-state index in [4.69, 9.17) is 0 Å². The Bertz CT molecular complexity index is 494. The maximum atomic E-state index is 11.2. The Morgan fingerprint density at radius 1 is 1.42 bits per heavy atom. The van der Waals surface area contributed by atoms with E-state index < -0.39 is 4.92 Å². The summed E-state index contributed by atoms with van der Waals surface area (Å²) in [6.07, 6.45) is 4.14. The third-order valence-electron chi connectivity index (χ3n) is 3.84. The fourth-order valence-corrected chi connectivity index (χ4v) is 2.41. The average molecular weight is 265 g/mol. The Morgan fingerprint density at radius 3 is 2.53 bits per heavy atom. The normalized spacial score (nSPS) is 16.6. The monoisotopic (exact) mass is 265 g/mol. The number of nitrogens with one attached hydrogen (secondary N) is 2. The minimum atomic E-state index is -0.418. The van der Waals surface area contributed by atoms with Crippen LogP contribution >= 0.6 is 0 Å². The van der Waals surface area contributed by atoms with Gasteiger partial charge in [-0.15, -0.1) is 0 Å². The summed E-state index contributed by atoms with van der Waals surface area (Å²) in [6.45, 7) is 3.72. The zero-order valence-corrected chi connectivity index (χ0v) is 11.5. The summed E-state index contributed by atoms with van der Waals surface area (Å²) in [6, 6.07) is 0. The molecule has 1 aromatic rings. The summed E-state index contributed by atoms with van der Waals surface area (Å²) >= 11 is 0. The zero-order valence-electron chi connectivity index (χ0n) is 11.5. The highest BCUT2D eigenvalue weighted by molar-refractivity contribution is 5.62. The van der Waals surface area contributed by atoms with Crippen LogP contribution in [0.4, 0.5) is 17.5 Å². The van der Waals surface area contributed by atoms with Crippen molar-refractivity contribution in [1.29, 1.82) is 0 Å². The molecule has 0 bridgehead atoms. The van der Waals surface area contributed by atoms with Crippen LogP contribution in [0.1, 0.15) is 38.3 Å². The van der Waals surface area contributed by atoms with Gasteiger partial charge < -0.3 is 10.6 Å². The summed E-state index contributed by atoms with van der Waals surface area (Å²) in [4.78, 5) is 19.1. The van der Waals surface area contributed by atoms with Crippen molar-refractivity contribution in [2.75, 3.05) is 17.7 Å². The molecule has 19 heavy (non-hydrogen) atoms. The van der Waals surface area contributed by atoms with Crippen LogP contribution in [0.2, 0.25) is 0 Å². The highest BCUT2D eigenvalue weighted by Gasteiger charge is 2.37. The molecule has 1 aliphatic carbocycles. The van der Waals surface area contributed by atoms with Crippen LogP contribution in [0, 0.1) is 17.0 Å². The number of anilines is 2. The van der Waals surface area contributed by atoms with E-state index in [1.807, 2.05) is 0 Å². The third kappa shape index (κ3) is 2.45. The van der Waals surface area contributed by atoms with E-state index in [0.717, 1.165) is 25.7 Å². The van der Waals surface area contributed by atoms with Crippen molar-refractivity contribution in [3.63, 3.8) is 0 Å². The smallest absolute Gasteiger partial charge is 0.332 e. The molecule has 0 saturated heterocycles. The fraction of sp³-hybridized carbons (Fsp3) is 0.667. The molecule has 0 spiro atoms. The third-order valence-corrected chi connectivity index (χ3v) is 3.84. The largest absolute Gasteiger partial charge is 0.359 e. The zero-order chi connectivity index (χ0) is 14.0. The Hall–Kier alpha value is -1.92. The van der Waals surface area contributed by atoms with Gasteiger partial charge in [-0.3, -0.25) is 10.1 Å². The average Bonchev–Trinajstić information content (AvgIpc) is 2.32. The van der Waals surface area contributed by atoms with Crippen LogP contribution in [-0.4, -0.2) is 27.5 Å². The van der Waals surface area contributed by atoms with Crippen molar-refractivity contribution < 1.29 is 4.92 Å². The molecule has 7 nitrogen and oxygen atoms in total. The Kier molecular flexibility index (Phi) is 3.55. The molecule has 2 N–H and O–H groups in total. The number of nitrogens with zero attached hydrogens (tertiary/aromatic N) is 3. The molecule has 2 rings (SSSR count). The van der Waals surface area contributed by atoms with E-state index in [1.54, 1.807) is 14.0 Å². The van der Waals surface area contributed by atoms with E-state index in [9.17, 15) is 10.1 Å². The first kappa shape index (κ1) is 13.5. The van der Waals surface area contributed by atoms with Gasteiger partial charge in [0.05, 0.1) is 4.92 Å². The van der Waals surface area contributed by atoms with Crippen LogP contribution in [0.5, 0.6) is 0 Å². The number of aromatic nitrogens is 2. The van der Waals surface area contributed by atoms with Crippen molar-refractivity contribution >= 4 is 17.5 Å². The standard InChI is InChI=1S/C12H19N5O2/c1-4-12(6-5-7-12)16-10-9(17(18)19)8(2)14-11(13-3)15-10/h4-7H2,1-3H3,(H2,13,14,15,16). The molecule has 7 heteroatoms. The minimum absolute atomic E-state index is 0.0290. The predicted octanol–water partition coefficient (Wildman–Crippen LogP) is 2.48. The number of rotatable bonds is 5. The fourth-order valence-electron chi connectivity index (χ4n) is 2.41. The van der Waals surface area contributed by atoms with Crippen LogP contribution in [-0.2, 0) is 0 Å². The number of hydrogen-bond donors (Lipinski definition) is 2. The van der Waals surface area contributed by atoms with Gasteiger partial charge in [-0.1, -0.05) is 6.92 Å². The summed E-state index contributed by atoms with van der Waals surface area (Å²) < 4.78 is 0. The highest BCUT2D eigenvalue weighted by atomic mass is 16.6. The van der Waals surface area contributed by atoms with Crippen LogP contribution in [0.15, 0.2) is 0 Å². The molecule has 1 fully saturated rings. The molecular weight excluding hydrogens is 246 g/mol. The lowest BCUT2D eigenvalue weighted by Gasteiger charge is -2.42. The minimum Gasteiger partial charge on any atom is -0.359 e. The molecule has 0 radical (unpaired) electrons. The van der Waals surface area contributed by atoms with Crippen LogP contribution < -0.4 is 10.6 Å². The number of nitro groups is 1. The first-order valence-corrected chi connectivity index (χ1v) is 6.50. The Labute approximate surface area is 112 Å². The van der Waals surface area contributed by atoms with E-state index in [1.165, 1.54) is 0 Å². The molecule has 1 saturated carbocycles. The van der Waals surface area contributed by atoms with Gasteiger partial charge in [-0.2, -0.15) is 4.98 Å². The SMILES string of the molecule is CCC1(Nc2nc(NC)nc(C)c2[N+](=O)[O-])CCC1. The van der Waals surface area contributed by atoms with Crippen molar-refractivity contribution in [3.05, 3.63) is 15.8 Å².